The number of quaternary nitrogens is 1. The van der Waals surface area contributed by atoms with Crippen molar-refractivity contribution in [3.8, 4) is 5.75 Å². The predicted molar refractivity (Wildman–Crippen MR) is 127 cm³/mol. The number of fused-ring (bicyclic) bond motifs is 2. The van der Waals surface area contributed by atoms with Crippen LogP contribution in [0.4, 0.5) is 11.4 Å². The summed E-state index contributed by atoms with van der Waals surface area (Å²) in [6.45, 7) is 7.25. The van der Waals surface area contributed by atoms with Crippen LogP contribution in [0.5, 0.6) is 5.75 Å². The Hall–Kier alpha value is -2.51. The Balaban J connectivity index is 1.57. The Morgan fingerprint density at radius 1 is 1.06 bits per heavy atom. The minimum atomic E-state index is -1.06. The Morgan fingerprint density at radius 3 is 2.50 bits per heavy atom. The number of carbonyl (C=O) groups is 2. The van der Waals surface area contributed by atoms with Crippen molar-refractivity contribution < 1.29 is 19.2 Å². The van der Waals surface area contributed by atoms with Crippen LogP contribution in [0.15, 0.2) is 48.5 Å². The summed E-state index contributed by atoms with van der Waals surface area (Å²) < 4.78 is 5.58. The van der Waals surface area contributed by atoms with Gasteiger partial charge in [0.25, 0.3) is 5.91 Å². The van der Waals surface area contributed by atoms with E-state index in [-0.39, 0.29) is 17.1 Å². The molecule has 168 valence electrons. The molecule has 3 aliphatic rings. The van der Waals surface area contributed by atoms with E-state index in [1.54, 1.807) is 4.90 Å². The molecule has 2 saturated heterocycles. The molecule has 3 aliphatic heterocycles. The molecular weight excluding hydrogens is 422 g/mol. The number of nitrogens with zero attached hydrogens (tertiary/aromatic N) is 2. The quantitative estimate of drug-likeness (QED) is 0.758. The zero-order valence-corrected chi connectivity index (χ0v) is 19.5. The van der Waals surface area contributed by atoms with Crippen molar-refractivity contribution in [1.82, 2.24) is 0 Å². The lowest BCUT2D eigenvalue weighted by Gasteiger charge is -2.34. The lowest BCUT2D eigenvalue weighted by molar-refractivity contribution is -0.903. The number of piperidine rings is 1. The first kappa shape index (κ1) is 21.3. The molecule has 0 bridgehead atoms. The standard InChI is InChI=1S/C25H29N3O3S/c1-3-31-20-13-11-19(12-14-20)28-23(29)18(2)32-25(28)21-9-5-6-10-22(21)27(24(25)30)17-26-15-7-4-8-16-26/h5-6,9-14,18H,3-4,7-8,15-17H2,1-2H3/p+1/t18-,25+/m0/s1. The smallest absolute Gasteiger partial charge is 0.273 e. The van der Waals surface area contributed by atoms with Crippen LogP contribution >= 0.6 is 11.8 Å². The summed E-state index contributed by atoms with van der Waals surface area (Å²) in [6.07, 6.45) is 3.67. The normalized spacial score (nSPS) is 25.6. The third-order valence-electron chi connectivity index (χ3n) is 6.67. The fourth-order valence-corrected chi connectivity index (χ4v) is 6.72. The second kappa shape index (κ2) is 8.45. The van der Waals surface area contributed by atoms with Gasteiger partial charge in [-0.2, -0.15) is 0 Å². The van der Waals surface area contributed by atoms with E-state index in [1.807, 2.05) is 67.3 Å². The van der Waals surface area contributed by atoms with Gasteiger partial charge in [0, 0.05) is 11.3 Å². The maximum atomic E-state index is 14.2. The lowest BCUT2D eigenvalue weighted by Crippen LogP contribution is -3.14. The molecule has 2 amide bonds. The van der Waals surface area contributed by atoms with Crippen molar-refractivity contribution in [1.29, 1.82) is 0 Å². The molecule has 1 N–H and O–H groups in total. The number of nitrogens with one attached hydrogen (secondary N) is 1. The zero-order valence-electron chi connectivity index (χ0n) is 18.7. The molecule has 7 heteroatoms. The lowest BCUT2D eigenvalue weighted by atomic mass is 10.0. The molecule has 32 heavy (non-hydrogen) atoms. The van der Waals surface area contributed by atoms with E-state index in [0.29, 0.717) is 13.3 Å². The van der Waals surface area contributed by atoms with E-state index in [0.717, 1.165) is 35.8 Å². The summed E-state index contributed by atoms with van der Waals surface area (Å²) in [5, 5.41) is -0.305. The summed E-state index contributed by atoms with van der Waals surface area (Å²) >= 11 is 1.46. The largest absolute Gasteiger partial charge is 0.494 e. The van der Waals surface area contributed by atoms with Crippen molar-refractivity contribution >= 4 is 35.0 Å². The topological polar surface area (TPSA) is 54.3 Å². The molecule has 6 nitrogen and oxygen atoms in total. The molecule has 1 spiro atoms. The Labute approximate surface area is 193 Å². The van der Waals surface area contributed by atoms with Gasteiger partial charge in [0.2, 0.25) is 10.8 Å². The van der Waals surface area contributed by atoms with Crippen LogP contribution in [-0.4, -0.2) is 43.4 Å². The van der Waals surface area contributed by atoms with E-state index < -0.39 is 4.87 Å². The maximum absolute atomic E-state index is 14.2. The molecule has 0 aromatic heterocycles. The second-order valence-corrected chi connectivity index (χ2v) is 10.3. The van der Waals surface area contributed by atoms with Gasteiger partial charge in [0.1, 0.15) is 5.75 Å². The molecule has 5 rings (SSSR count). The minimum Gasteiger partial charge on any atom is -0.494 e. The summed E-state index contributed by atoms with van der Waals surface area (Å²) in [5.74, 6) is 0.717. The average Bonchev–Trinajstić information content (AvgIpc) is 3.21. The van der Waals surface area contributed by atoms with Crippen LogP contribution in [-0.2, 0) is 14.5 Å². The number of thioether (sulfide) groups is 1. The maximum Gasteiger partial charge on any atom is 0.273 e. The number of anilines is 2. The van der Waals surface area contributed by atoms with Gasteiger partial charge in [-0.1, -0.05) is 18.2 Å². The molecule has 0 unspecified atom stereocenters. The highest BCUT2D eigenvalue weighted by Crippen LogP contribution is 2.57. The molecule has 2 fully saturated rings. The number of carbonyl (C=O) groups excluding carboxylic acids is 2. The highest BCUT2D eigenvalue weighted by molar-refractivity contribution is 8.03. The SMILES string of the molecule is CCOc1ccc(N2C(=O)[C@H](C)S[C@]23C(=O)N(C[NH+]2CCCCC2)c2ccccc23)cc1. The highest BCUT2D eigenvalue weighted by atomic mass is 32.2. The van der Waals surface area contributed by atoms with Gasteiger partial charge in [-0.25, -0.2) is 0 Å². The number of likely N-dealkylation sites (tertiary alicyclic amines) is 1. The third kappa shape index (κ3) is 3.30. The van der Waals surface area contributed by atoms with Gasteiger partial charge in [-0.3, -0.25) is 19.4 Å². The van der Waals surface area contributed by atoms with Crippen LogP contribution < -0.4 is 19.4 Å². The molecule has 3 heterocycles. The van der Waals surface area contributed by atoms with Crippen LogP contribution in [0.1, 0.15) is 38.7 Å². The van der Waals surface area contributed by atoms with Crippen molar-refractivity contribution in [2.45, 2.75) is 43.2 Å². The number of hydrogen-bond acceptors (Lipinski definition) is 4. The van der Waals surface area contributed by atoms with Gasteiger partial charge in [-0.05, 0) is 63.4 Å². The van der Waals surface area contributed by atoms with Crippen LogP contribution in [0.3, 0.4) is 0 Å². The number of ether oxygens (including phenoxy) is 1. The van der Waals surface area contributed by atoms with E-state index in [9.17, 15) is 9.59 Å². The van der Waals surface area contributed by atoms with Crippen molar-refractivity contribution in [2.24, 2.45) is 0 Å². The molecule has 0 saturated carbocycles. The van der Waals surface area contributed by atoms with E-state index >= 15 is 0 Å². The van der Waals surface area contributed by atoms with E-state index in [4.69, 9.17) is 4.74 Å². The monoisotopic (exact) mass is 452 g/mol. The Bertz CT molecular complexity index is 1020. The van der Waals surface area contributed by atoms with Gasteiger partial charge in [-0.15, -0.1) is 11.8 Å². The molecule has 0 aliphatic carbocycles. The summed E-state index contributed by atoms with van der Waals surface area (Å²) in [6, 6.07) is 15.5. The molecule has 0 radical (unpaired) electrons. The van der Waals surface area contributed by atoms with Gasteiger partial charge in [0.15, 0.2) is 6.67 Å². The number of benzene rings is 2. The summed E-state index contributed by atoms with van der Waals surface area (Å²) in [7, 11) is 0. The fourth-order valence-electron chi connectivity index (χ4n) is 5.19. The third-order valence-corrected chi connectivity index (χ3v) is 8.15. The van der Waals surface area contributed by atoms with Gasteiger partial charge < -0.3 is 9.64 Å². The van der Waals surface area contributed by atoms with E-state index in [2.05, 4.69) is 0 Å². The second-order valence-electron chi connectivity index (χ2n) is 8.72. The predicted octanol–water partition coefficient (Wildman–Crippen LogP) is 2.78. The Kier molecular flexibility index (Phi) is 5.63. The first-order valence-corrected chi connectivity index (χ1v) is 12.4. The highest BCUT2D eigenvalue weighted by Gasteiger charge is 2.63. The molecule has 2 aromatic carbocycles. The molecule has 2 aromatic rings. The van der Waals surface area contributed by atoms with Crippen molar-refractivity contribution in [2.75, 3.05) is 36.2 Å². The van der Waals surface area contributed by atoms with Crippen molar-refractivity contribution in [3.05, 3.63) is 54.1 Å². The number of hydrogen-bond donors (Lipinski definition) is 1. The number of para-hydroxylation sites is 1. The zero-order chi connectivity index (χ0) is 22.3. The van der Waals surface area contributed by atoms with Crippen LogP contribution in [0, 0.1) is 0 Å². The summed E-state index contributed by atoms with van der Waals surface area (Å²) in [4.78, 5) is 31.6. The first-order valence-electron chi connectivity index (χ1n) is 11.6. The van der Waals surface area contributed by atoms with Crippen molar-refractivity contribution in [3.63, 3.8) is 0 Å². The fraction of sp³-hybridized carbons (Fsp3) is 0.440. The average molecular weight is 453 g/mol. The van der Waals surface area contributed by atoms with Crippen LogP contribution in [0.2, 0.25) is 0 Å². The molecule has 2 atom stereocenters. The van der Waals surface area contributed by atoms with Gasteiger partial charge in [0.05, 0.1) is 30.6 Å². The molecular formula is C25H30N3O3S+. The van der Waals surface area contributed by atoms with Crippen LogP contribution in [0.25, 0.3) is 0 Å². The minimum absolute atomic E-state index is 0.00615. The first-order chi connectivity index (χ1) is 15.6. The van der Waals surface area contributed by atoms with Gasteiger partial charge >= 0.3 is 0 Å². The Morgan fingerprint density at radius 2 is 1.78 bits per heavy atom. The number of rotatable bonds is 5. The van der Waals surface area contributed by atoms with E-state index in [1.165, 1.54) is 35.9 Å². The summed E-state index contributed by atoms with van der Waals surface area (Å²) in [5.41, 5.74) is 2.57. The number of amides is 2.